The Balaban J connectivity index is 2.80. The first kappa shape index (κ1) is 8.54. The van der Waals surface area contributed by atoms with Crippen molar-refractivity contribution in [3.8, 4) is 0 Å². The lowest BCUT2D eigenvalue weighted by atomic mass is 9.81. The summed E-state index contributed by atoms with van der Waals surface area (Å²) < 4.78 is 0. The minimum atomic E-state index is 0.276. The molecule has 0 saturated carbocycles. The average Bonchev–Trinajstić information content (AvgIpc) is 1.85. The highest BCUT2D eigenvalue weighted by Gasteiger charge is 2.27. The van der Waals surface area contributed by atoms with Gasteiger partial charge in [-0.05, 0) is 14.1 Å². The molecule has 0 fully saturated rings. The molecule has 0 spiro atoms. The highest BCUT2D eigenvalue weighted by atomic mass is 15.1. The molecule has 1 nitrogen and oxygen atoms in total. The Morgan fingerprint density at radius 3 is 2.18 bits per heavy atom. The highest BCUT2D eigenvalue weighted by Crippen LogP contribution is 2.29. The van der Waals surface area contributed by atoms with Gasteiger partial charge in [0.2, 0.25) is 0 Å². The molecule has 62 valence electrons. The van der Waals surface area contributed by atoms with Gasteiger partial charge in [0.1, 0.15) is 0 Å². The van der Waals surface area contributed by atoms with Crippen LogP contribution in [0.4, 0.5) is 0 Å². The summed E-state index contributed by atoms with van der Waals surface area (Å²) in [5.41, 5.74) is 0.276. The summed E-state index contributed by atoms with van der Waals surface area (Å²) in [7, 11) is 4.24. The van der Waals surface area contributed by atoms with E-state index < -0.39 is 0 Å². The van der Waals surface area contributed by atoms with Gasteiger partial charge in [0, 0.05) is 11.5 Å². The van der Waals surface area contributed by atoms with Gasteiger partial charge in [-0.25, -0.2) is 0 Å². The minimum Gasteiger partial charge on any atom is -0.302 e. The maximum atomic E-state index is 2.26. The number of likely N-dealkylation sites (N-methyl/N-ethyl adjacent to an activating group) is 1. The fraction of sp³-hybridized carbons (Fsp3) is 0.600. The summed E-state index contributed by atoms with van der Waals surface area (Å²) in [6, 6.07) is 0.535. The molecule has 1 atom stereocenters. The maximum Gasteiger partial charge on any atom is 0.0360 e. The first-order valence-corrected chi connectivity index (χ1v) is 4.06. The Bertz CT molecular complexity index is 187. The van der Waals surface area contributed by atoms with E-state index in [1.165, 1.54) is 0 Å². The maximum absolute atomic E-state index is 2.26. The highest BCUT2D eigenvalue weighted by molar-refractivity contribution is 5.20. The molecule has 0 N–H and O–H groups in total. The van der Waals surface area contributed by atoms with Gasteiger partial charge in [0.25, 0.3) is 0 Å². The van der Waals surface area contributed by atoms with E-state index in [9.17, 15) is 0 Å². The van der Waals surface area contributed by atoms with E-state index in [2.05, 4.69) is 57.1 Å². The second-order valence-electron chi connectivity index (χ2n) is 3.97. The Kier molecular flexibility index (Phi) is 2.19. The zero-order valence-corrected chi connectivity index (χ0v) is 7.83. The molecular formula is C10H17N. The Labute approximate surface area is 69.4 Å². The second-order valence-corrected chi connectivity index (χ2v) is 3.97. The lowest BCUT2D eigenvalue weighted by molar-refractivity contribution is 0.219. The normalized spacial score (nSPS) is 27.9. The molecule has 1 rings (SSSR count). The Morgan fingerprint density at radius 1 is 1.18 bits per heavy atom. The smallest absolute Gasteiger partial charge is 0.0360 e. The van der Waals surface area contributed by atoms with Crippen LogP contribution in [0.1, 0.15) is 13.8 Å². The number of nitrogens with zero attached hydrogens (tertiary/aromatic N) is 1. The third-order valence-electron chi connectivity index (χ3n) is 2.25. The van der Waals surface area contributed by atoms with Crippen molar-refractivity contribution in [2.75, 3.05) is 14.1 Å². The van der Waals surface area contributed by atoms with E-state index in [1.54, 1.807) is 0 Å². The van der Waals surface area contributed by atoms with Crippen LogP contribution in [0.25, 0.3) is 0 Å². The van der Waals surface area contributed by atoms with Crippen molar-refractivity contribution in [2.45, 2.75) is 19.9 Å². The van der Waals surface area contributed by atoms with Crippen LogP contribution >= 0.6 is 0 Å². The van der Waals surface area contributed by atoms with Crippen LogP contribution in [0, 0.1) is 5.41 Å². The molecule has 1 aliphatic carbocycles. The average molecular weight is 151 g/mol. The molecular weight excluding hydrogens is 134 g/mol. The molecule has 0 saturated heterocycles. The van der Waals surface area contributed by atoms with Gasteiger partial charge in [-0.1, -0.05) is 38.2 Å². The van der Waals surface area contributed by atoms with Gasteiger partial charge >= 0.3 is 0 Å². The van der Waals surface area contributed by atoms with E-state index in [-0.39, 0.29) is 5.41 Å². The van der Waals surface area contributed by atoms with Crippen LogP contribution in [0.5, 0.6) is 0 Å². The van der Waals surface area contributed by atoms with Crippen molar-refractivity contribution >= 4 is 0 Å². The molecule has 1 heteroatoms. The summed E-state index contributed by atoms with van der Waals surface area (Å²) in [6.07, 6.45) is 8.76. The first-order valence-electron chi connectivity index (χ1n) is 4.06. The van der Waals surface area contributed by atoms with E-state index in [4.69, 9.17) is 0 Å². The quantitative estimate of drug-likeness (QED) is 0.554. The van der Waals surface area contributed by atoms with Crippen molar-refractivity contribution in [3.63, 3.8) is 0 Å². The third kappa shape index (κ3) is 1.72. The predicted octanol–water partition coefficient (Wildman–Crippen LogP) is 2.07. The third-order valence-corrected chi connectivity index (χ3v) is 2.25. The molecule has 0 aromatic rings. The van der Waals surface area contributed by atoms with Gasteiger partial charge in [-0.15, -0.1) is 0 Å². The number of allylic oxidation sites excluding steroid dienone is 2. The van der Waals surface area contributed by atoms with Crippen molar-refractivity contribution in [1.29, 1.82) is 0 Å². The minimum absolute atomic E-state index is 0.276. The van der Waals surface area contributed by atoms with E-state index >= 15 is 0 Å². The van der Waals surface area contributed by atoms with Crippen LogP contribution < -0.4 is 0 Å². The van der Waals surface area contributed by atoms with E-state index in [0.717, 1.165) is 0 Å². The van der Waals surface area contributed by atoms with Crippen LogP contribution in [-0.2, 0) is 0 Å². The second kappa shape index (κ2) is 2.82. The van der Waals surface area contributed by atoms with Gasteiger partial charge in [-0.3, -0.25) is 0 Å². The fourth-order valence-corrected chi connectivity index (χ4v) is 1.66. The number of hydrogen-bond donors (Lipinski definition) is 0. The molecule has 0 heterocycles. The molecule has 1 unspecified atom stereocenters. The Morgan fingerprint density at radius 2 is 1.82 bits per heavy atom. The molecule has 1 aliphatic rings. The topological polar surface area (TPSA) is 3.24 Å². The van der Waals surface area contributed by atoms with Gasteiger partial charge in [-0.2, -0.15) is 0 Å². The molecule has 0 aromatic carbocycles. The molecule has 0 bridgehead atoms. The van der Waals surface area contributed by atoms with E-state index in [1.807, 2.05) is 0 Å². The Hall–Kier alpha value is -0.560. The first-order chi connectivity index (χ1) is 5.04. The zero-order chi connectivity index (χ0) is 8.48. The molecule has 0 aliphatic heterocycles. The monoisotopic (exact) mass is 151 g/mol. The van der Waals surface area contributed by atoms with Crippen LogP contribution in [0.3, 0.4) is 0 Å². The van der Waals surface area contributed by atoms with Crippen LogP contribution in [-0.4, -0.2) is 25.0 Å². The van der Waals surface area contributed by atoms with Crippen LogP contribution in [0.15, 0.2) is 24.3 Å². The SMILES string of the molecule is CN(C)C1C=CC=CC1(C)C. The summed E-state index contributed by atoms with van der Waals surface area (Å²) >= 11 is 0. The lowest BCUT2D eigenvalue weighted by Gasteiger charge is -2.36. The lowest BCUT2D eigenvalue weighted by Crippen LogP contribution is -2.39. The van der Waals surface area contributed by atoms with Gasteiger partial charge in [0.15, 0.2) is 0 Å². The van der Waals surface area contributed by atoms with Crippen molar-refractivity contribution in [3.05, 3.63) is 24.3 Å². The van der Waals surface area contributed by atoms with Crippen molar-refractivity contribution in [1.82, 2.24) is 4.90 Å². The van der Waals surface area contributed by atoms with Crippen molar-refractivity contribution < 1.29 is 0 Å². The predicted molar refractivity (Wildman–Crippen MR) is 49.5 cm³/mol. The summed E-state index contributed by atoms with van der Waals surface area (Å²) in [4.78, 5) is 2.25. The molecule has 0 amide bonds. The van der Waals surface area contributed by atoms with Gasteiger partial charge in [0.05, 0.1) is 0 Å². The zero-order valence-electron chi connectivity index (χ0n) is 7.83. The van der Waals surface area contributed by atoms with Crippen molar-refractivity contribution in [2.24, 2.45) is 5.41 Å². The van der Waals surface area contributed by atoms with E-state index in [0.29, 0.717) is 6.04 Å². The van der Waals surface area contributed by atoms with Crippen LogP contribution in [0.2, 0.25) is 0 Å². The molecule has 11 heavy (non-hydrogen) atoms. The summed E-state index contributed by atoms with van der Waals surface area (Å²) in [5.74, 6) is 0. The summed E-state index contributed by atoms with van der Waals surface area (Å²) in [5, 5.41) is 0. The number of rotatable bonds is 1. The molecule has 0 radical (unpaired) electrons. The number of hydrogen-bond acceptors (Lipinski definition) is 1. The van der Waals surface area contributed by atoms with Gasteiger partial charge < -0.3 is 4.90 Å². The fourth-order valence-electron chi connectivity index (χ4n) is 1.66. The largest absolute Gasteiger partial charge is 0.302 e. The summed E-state index contributed by atoms with van der Waals surface area (Å²) in [6.45, 7) is 4.52. The molecule has 0 aromatic heterocycles. The standard InChI is InChI=1S/C10H17N/c1-10(2)8-6-5-7-9(10)11(3)4/h5-9H,1-4H3.